The molecule has 2 aliphatic carbocycles. The fraction of sp³-hybridized carbons (Fsp3) is 0.579. The van der Waals surface area contributed by atoms with Gasteiger partial charge in [0.25, 0.3) is 0 Å². The van der Waals surface area contributed by atoms with Crippen molar-refractivity contribution in [1.29, 1.82) is 0 Å². The molecule has 0 atom stereocenters. The Labute approximate surface area is 181 Å². The number of rotatable bonds is 8. The lowest BCUT2D eigenvalue weighted by Crippen LogP contribution is -2.42. The van der Waals surface area contributed by atoms with Gasteiger partial charge in [0, 0.05) is 35.4 Å². The van der Waals surface area contributed by atoms with Crippen molar-refractivity contribution in [2.75, 3.05) is 26.2 Å². The number of benzene rings is 1. The smallest absolute Gasteiger partial charge is 0.223 e. The molecule has 1 amide bonds. The van der Waals surface area contributed by atoms with E-state index in [1.807, 2.05) is 0 Å². The van der Waals surface area contributed by atoms with Crippen molar-refractivity contribution in [3.05, 3.63) is 34.3 Å². The van der Waals surface area contributed by atoms with E-state index in [-0.39, 0.29) is 41.2 Å². The summed E-state index contributed by atoms with van der Waals surface area (Å²) in [5, 5.41) is 9.57. The van der Waals surface area contributed by atoms with Crippen LogP contribution in [-0.4, -0.2) is 38.0 Å². The molecule has 0 aliphatic heterocycles. The van der Waals surface area contributed by atoms with E-state index >= 15 is 0 Å². The zero-order valence-corrected chi connectivity index (χ0v) is 19.1. The predicted octanol–water partition coefficient (Wildman–Crippen LogP) is 3.18. The van der Waals surface area contributed by atoms with Gasteiger partial charge < -0.3 is 16.0 Å². The molecule has 1 aromatic carbocycles. The van der Waals surface area contributed by atoms with Crippen LogP contribution in [0.5, 0.6) is 0 Å². The van der Waals surface area contributed by atoms with Gasteiger partial charge in [-0.3, -0.25) is 9.79 Å². The second-order valence-electron chi connectivity index (χ2n) is 6.98. The molecule has 7 heteroatoms. The second kappa shape index (κ2) is 9.92. The normalized spacial score (nSPS) is 17.8. The molecule has 26 heavy (non-hydrogen) atoms. The molecular formula is C19H28BrIN4O. The van der Waals surface area contributed by atoms with Crippen LogP contribution in [0.4, 0.5) is 0 Å². The van der Waals surface area contributed by atoms with Gasteiger partial charge in [0.15, 0.2) is 5.96 Å². The molecule has 0 saturated heterocycles. The van der Waals surface area contributed by atoms with Gasteiger partial charge in [-0.2, -0.15) is 0 Å². The zero-order chi connectivity index (χ0) is 17.7. The van der Waals surface area contributed by atoms with E-state index in [0.29, 0.717) is 13.1 Å². The van der Waals surface area contributed by atoms with E-state index in [0.717, 1.165) is 36.4 Å². The molecule has 1 aromatic rings. The highest BCUT2D eigenvalue weighted by molar-refractivity contribution is 14.0. The van der Waals surface area contributed by atoms with E-state index in [2.05, 4.69) is 63.1 Å². The van der Waals surface area contributed by atoms with Crippen molar-refractivity contribution in [1.82, 2.24) is 16.0 Å². The summed E-state index contributed by atoms with van der Waals surface area (Å²) in [6.45, 7) is 5.00. The number of carbonyl (C=O) groups is 1. The summed E-state index contributed by atoms with van der Waals surface area (Å²) >= 11 is 3.56. The molecule has 0 bridgehead atoms. The molecule has 0 aromatic heterocycles. The van der Waals surface area contributed by atoms with Gasteiger partial charge in [0.1, 0.15) is 0 Å². The van der Waals surface area contributed by atoms with Gasteiger partial charge in [-0.05, 0) is 50.3 Å². The van der Waals surface area contributed by atoms with Crippen molar-refractivity contribution >= 4 is 51.8 Å². The first-order valence-corrected chi connectivity index (χ1v) is 9.98. The van der Waals surface area contributed by atoms with Crippen molar-refractivity contribution in [3.63, 3.8) is 0 Å². The summed E-state index contributed by atoms with van der Waals surface area (Å²) < 4.78 is 1.12. The number of hydrogen-bond acceptors (Lipinski definition) is 2. The number of guanidine groups is 1. The lowest BCUT2D eigenvalue weighted by molar-refractivity contribution is -0.122. The maximum Gasteiger partial charge on any atom is 0.223 e. The minimum atomic E-state index is 0. The van der Waals surface area contributed by atoms with Crippen LogP contribution in [0, 0.1) is 5.92 Å². The van der Waals surface area contributed by atoms with Crippen molar-refractivity contribution < 1.29 is 4.79 Å². The standard InChI is InChI=1S/C19H27BrN4O.HI/c1-2-21-18(23-11-10-22-17(25)14-6-7-14)24-13-19(8-9-19)15-4-3-5-16(20)12-15;/h3-5,12,14H,2,6-11,13H2,1H3,(H,22,25)(H2,21,23,24);1H. The van der Waals surface area contributed by atoms with Crippen molar-refractivity contribution in [2.24, 2.45) is 10.9 Å². The van der Waals surface area contributed by atoms with Gasteiger partial charge in [-0.1, -0.05) is 28.1 Å². The molecule has 0 unspecified atom stereocenters. The Hall–Kier alpha value is -0.830. The van der Waals surface area contributed by atoms with Crippen LogP contribution in [0.2, 0.25) is 0 Å². The maximum absolute atomic E-state index is 11.6. The van der Waals surface area contributed by atoms with Gasteiger partial charge in [0.05, 0.1) is 6.54 Å². The molecule has 0 heterocycles. The number of aliphatic imine (C=N–C) groups is 1. The van der Waals surface area contributed by atoms with Crippen molar-refractivity contribution in [2.45, 2.75) is 38.0 Å². The number of halogens is 2. The quantitative estimate of drug-likeness (QED) is 0.208. The highest BCUT2D eigenvalue weighted by atomic mass is 127. The van der Waals surface area contributed by atoms with Crippen LogP contribution < -0.4 is 16.0 Å². The minimum Gasteiger partial charge on any atom is -0.357 e. The molecule has 2 fully saturated rings. The largest absolute Gasteiger partial charge is 0.357 e. The first kappa shape index (κ1) is 21.5. The van der Waals surface area contributed by atoms with Crippen LogP contribution in [0.1, 0.15) is 38.2 Å². The number of carbonyl (C=O) groups excluding carboxylic acids is 1. The summed E-state index contributed by atoms with van der Waals surface area (Å²) in [6, 6.07) is 8.55. The third-order valence-corrected chi connectivity index (χ3v) is 5.33. The van der Waals surface area contributed by atoms with Gasteiger partial charge in [-0.15, -0.1) is 24.0 Å². The van der Waals surface area contributed by atoms with E-state index in [1.54, 1.807) is 0 Å². The summed E-state index contributed by atoms with van der Waals surface area (Å²) in [7, 11) is 0. The Morgan fingerprint density at radius 1 is 1.23 bits per heavy atom. The van der Waals surface area contributed by atoms with Crippen LogP contribution in [-0.2, 0) is 10.2 Å². The van der Waals surface area contributed by atoms with E-state index < -0.39 is 0 Å². The summed E-state index contributed by atoms with van der Waals surface area (Å²) in [5.41, 5.74) is 1.55. The minimum absolute atomic E-state index is 0. The number of nitrogens with zero attached hydrogens (tertiary/aromatic N) is 1. The Morgan fingerprint density at radius 3 is 2.58 bits per heavy atom. The average molecular weight is 535 g/mol. The first-order valence-electron chi connectivity index (χ1n) is 9.19. The fourth-order valence-corrected chi connectivity index (χ4v) is 3.34. The lowest BCUT2D eigenvalue weighted by atomic mass is 9.96. The molecular weight excluding hydrogens is 507 g/mol. The van der Waals surface area contributed by atoms with Crippen LogP contribution in [0.15, 0.2) is 33.7 Å². The molecule has 5 nitrogen and oxygen atoms in total. The lowest BCUT2D eigenvalue weighted by Gasteiger charge is -2.16. The molecule has 0 radical (unpaired) electrons. The highest BCUT2D eigenvalue weighted by Crippen LogP contribution is 2.48. The zero-order valence-electron chi connectivity index (χ0n) is 15.2. The number of hydrogen-bond donors (Lipinski definition) is 3. The molecule has 144 valence electrons. The summed E-state index contributed by atoms with van der Waals surface area (Å²) in [5.74, 6) is 1.28. The summed E-state index contributed by atoms with van der Waals surface area (Å²) in [4.78, 5) is 16.4. The monoisotopic (exact) mass is 534 g/mol. The fourth-order valence-electron chi connectivity index (χ4n) is 2.94. The van der Waals surface area contributed by atoms with Gasteiger partial charge in [0.2, 0.25) is 5.91 Å². The molecule has 3 N–H and O–H groups in total. The average Bonchev–Trinajstić information content (AvgIpc) is 3.49. The summed E-state index contributed by atoms with van der Waals surface area (Å²) in [6.07, 6.45) is 4.45. The number of amides is 1. The Bertz CT molecular complexity index is 644. The second-order valence-corrected chi connectivity index (χ2v) is 7.89. The molecule has 3 rings (SSSR count). The molecule has 2 aliphatic rings. The molecule has 2 saturated carbocycles. The van der Waals surface area contributed by atoms with E-state index in [1.165, 1.54) is 18.4 Å². The Kier molecular flexibility index (Phi) is 8.19. The highest BCUT2D eigenvalue weighted by Gasteiger charge is 2.44. The van der Waals surface area contributed by atoms with Crippen LogP contribution >= 0.6 is 39.9 Å². The predicted molar refractivity (Wildman–Crippen MR) is 120 cm³/mol. The first-order chi connectivity index (χ1) is 12.1. The number of nitrogens with one attached hydrogen (secondary N) is 3. The van der Waals surface area contributed by atoms with Crippen LogP contribution in [0.3, 0.4) is 0 Å². The topological polar surface area (TPSA) is 65.5 Å². The Morgan fingerprint density at radius 2 is 1.96 bits per heavy atom. The van der Waals surface area contributed by atoms with Crippen LogP contribution in [0.25, 0.3) is 0 Å². The van der Waals surface area contributed by atoms with Crippen molar-refractivity contribution in [3.8, 4) is 0 Å². The van der Waals surface area contributed by atoms with E-state index in [4.69, 9.17) is 4.99 Å². The third kappa shape index (κ3) is 6.11. The molecule has 0 spiro atoms. The van der Waals surface area contributed by atoms with Gasteiger partial charge >= 0.3 is 0 Å². The van der Waals surface area contributed by atoms with E-state index in [9.17, 15) is 4.79 Å². The maximum atomic E-state index is 11.6. The van der Waals surface area contributed by atoms with Gasteiger partial charge in [-0.25, -0.2) is 0 Å². The Balaban J connectivity index is 0.00000243. The third-order valence-electron chi connectivity index (χ3n) is 4.84. The SMILES string of the molecule is CCNC(=NCC1(c2cccc(Br)c2)CC1)NCCNC(=O)C1CC1.I.